The summed E-state index contributed by atoms with van der Waals surface area (Å²) in [7, 11) is 0. The van der Waals surface area contributed by atoms with E-state index in [1.807, 2.05) is 0 Å². The molecule has 242 valence electrons. The SMILES string of the molecule is O=C(CCSCCC[S+]([O-])CCSCCSC(=O)CCSCCC(=O)OCSCCSCO)OCSCCSCO. The number of esters is 2. The number of hydrogen-bond acceptors (Lipinski definition) is 16. The van der Waals surface area contributed by atoms with Crippen LogP contribution in [0.3, 0.4) is 0 Å². The lowest BCUT2D eigenvalue weighted by atomic mass is 10.5. The Bertz CT molecular complexity index is 638. The molecule has 0 rings (SSSR count). The Labute approximate surface area is 283 Å². The van der Waals surface area contributed by atoms with Crippen LogP contribution >= 0.6 is 94.1 Å². The zero-order valence-electron chi connectivity index (χ0n) is 23.4. The predicted molar refractivity (Wildman–Crippen MR) is 192 cm³/mol. The fourth-order valence-electron chi connectivity index (χ4n) is 2.48. The van der Waals surface area contributed by atoms with Crippen LogP contribution in [0.4, 0.5) is 0 Å². The van der Waals surface area contributed by atoms with Gasteiger partial charge < -0.3 is 24.2 Å². The maximum atomic E-state index is 12.1. The van der Waals surface area contributed by atoms with Gasteiger partial charge in [0, 0.05) is 70.4 Å². The predicted octanol–water partition coefficient (Wildman–Crippen LogP) is 4.59. The third-order valence-electron chi connectivity index (χ3n) is 4.49. The van der Waals surface area contributed by atoms with E-state index < -0.39 is 11.2 Å². The van der Waals surface area contributed by atoms with Gasteiger partial charge in [-0.05, 0) is 5.75 Å². The average Bonchev–Trinajstić information content (AvgIpc) is 2.96. The van der Waals surface area contributed by atoms with E-state index >= 15 is 0 Å². The van der Waals surface area contributed by atoms with E-state index in [9.17, 15) is 18.9 Å². The number of thioether (sulfide) groups is 8. The van der Waals surface area contributed by atoms with Crippen LogP contribution in [-0.4, -0.2) is 130 Å². The second kappa shape index (κ2) is 34.5. The first-order valence-corrected chi connectivity index (χ1v) is 23.6. The van der Waals surface area contributed by atoms with Crippen molar-refractivity contribution in [3.63, 3.8) is 0 Å². The van der Waals surface area contributed by atoms with Crippen molar-refractivity contribution in [1.82, 2.24) is 0 Å². The van der Waals surface area contributed by atoms with E-state index in [2.05, 4.69) is 0 Å². The van der Waals surface area contributed by atoms with Crippen molar-refractivity contribution in [1.29, 1.82) is 0 Å². The van der Waals surface area contributed by atoms with Gasteiger partial charge in [0.05, 0.1) is 24.7 Å². The van der Waals surface area contributed by atoms with Crippen molar-refractivity contribution in [2.45, 2.75) is 25.7 Å². The molecule has 0 heterocycles. The molecule has 1 atom stereocenters. The monoisotopic (exact) mass is 748 g/mol. The lowest BCUT2D eigenvalue weighted by Gasteiger charge is -2.10. The van der Waals surface area contributed by atoms with Crippen molar-refractivity contribution < 1.29 is 38.6 Å². The largest absolute Gasteiger partial charge is 0.616 e. The van der Waals surface area contributed by atoms with Gasteiger partial charge >= 0.3 is 11.9 Å². The second-order valence-corrected chi connectivity index (χ2v) is 18.4. The topological polar surface area (TPSA) is 133 Å². The third kappa shape index (κ3) is 34.4. The first-order valence-electron chi connectivity index (χ1n) is 13.1. The van der Waals surface area contributed by atoms with Gasteiger partial charge in [-0.3, -0.25) is 14.4 Å². The molecule has 0 aliphatic rings. The minimum atomic E-state index is -0.836. The van der Waals surface area contributed by atoms with Crippen molar-refractivity contribution in [3.05, 3.63) is 0 Å². The first kappa shape index (κ1) is 42.6. The number of hydrogen-bond donors (Lipinski definition) is 2. The number of ether oxygens (including phenoxy) is 2. The van der Waals surface area contributed by atoms with E-state index in [4.69, 9.17) is 19.7 Å². The van der Waals surface area contributed by atoms with Crippen LogP contribution in [0.2, 0.25) is 0 Å². The van der Waals surface area contributed by atoms with Crippen LogP contribution in [-0.2, 0) is 35.0 Å². The summed E-state index contributed by atoms with van der Waals surface area (Å²) in [6.45, 7) is 0. The van der Waals surface area contributed by atoms with Crippen molar-refractivity contribution >= 4 is 122 Å². The Balaban J connectivity index is 3.41. The molecule has 41 heavy (non-hydrogen) atoms. The molecular formula is C24H44O8S9. The summed E-state index contributed by atoms with van der Waals surface area (Å²) in [6.07, 6.45) is 2.09. The molecule has 1 unspecified atom stereocenters. The van der Waals surface area contributed by atoms with E-state index in [1.165, 1.54) is 47.0 Å². The minimum absolute atomic E-state index is 0.112. The summed E-state index contributed by atoms with van der Waals surface area (Å²) >= 11 is 11.5. The van der Waals surface area contributed by atoms with Crippen molar-refractivity contribution in [2.75, 3.05) is 98.5 Å². The number of rotatable bonds is 31. The maximum Gasteiger partial charge on any atom is 0.307 e. The fraction of sp³-hybridized carbons (Fsp3) is 0.875. The van der Waals surface area contributed by atoms with Crippen LogP contribution < -0.4 is 0 Å². The standard InChI is InChI=1S/C24H44O8S9/c25-18-36-9-11-38-20-31-22(27)2-6-33-5-1-16-41(30)17-15-35-13-14-40-24(29)4-8-34-7-3-23(28)32-21-39-12-10-37-19-26/h25-26H,1-21H2. The summed E-state index contributed by atoms with van der Waals surface area (Å²) in [5, 5.41) is 17.5. The van der Waals surface area contributed by atoms with Gasteiger partial charge in [0.15, 0.2) is 5.12 Å². The molecule has 0 aromatic carbocycles. The summed E-state index contributed by atoms with van der Waals surface area (Å²) in [4.78, 5) is 35.3. The molecule has 0 bridgehead atoms. The molecular weight excluding hydrogens is 705 g/mol. The smallest absolute Gasteiger partial charge is 0.307 e. The highest BCUT2D eigenvalue weighted by molar-refractivity contribution is 8.14. The summed E-state index contributed by atoms with van der Waals surface area (Å²) in [6, 6.07) is 0. The molecule has 0 aromatic rings. The van der Waals surface area contributed by atoms with Gasteiger partial charge in [0.25, 0.3) is 0 Å². The molecule has 0 fully saturated rings. The van der Waals surface area contributed by atoms with Gasteiger partial charge in [-0.1, -0.05) is 22.9 Å². The van der Waals surface area contributed by atoms with Crippen LogP contribution in [0, 0.1) is 0 Å². The van der Waals surface area contributed by atoms with Crippen LogP contribution in [0.1, 0.15) is 25.7 Å². The van der Waals surface area contributed by atoms with E-state index in [0.717, 1.165) is 52.4 Å². The van der Waals surface area contributed by atoms with Gasteiger partial charge in [-0.25, -0.2) is 0 Å². The van der Waals surface area contributed by atoms with Gasteiger partial charge in [0.1, 0.15) is 23.4 Å². The van der Waals surface area contributed by atoms with Gasteiger partial charge in [-0.2, -0.15) is 35.3 Å². The molecule has 0 saturated carbocycles. The fourth-order valence-corrected chi connectivity index (χ4v) is 10.7. The normalized spacial score (nSPS) is 11.9. The number of carbonyl (C=O) groups is 3. The number of carbonyl (C=O) groups excluding carboxylic acids is 3. The second-order valence-electron chi connectivity index (χ2n) is 7.67. The molecule has 0 amide bonds. The maximum absolute atomic E-state index is 12.1. The average molecular weight is 749 g/mol. The van der Waals surface area contributed by atoms with Crippen LogP contribution in [0.25, 0.3) is 0 Å². The van der Waals surface area contributed by atoms with Crippen molar-refractivity contribution in [3.8, 4) is 0 Å². The van der Waals surface area contributed by atoms with Crippen LogP contribution in [0.5, 0.6) is 0 Å². The quantitative estimate of drug-likeness (QED) is 0.0443. The highest BCUT2D eigenvalue weighted by atomic mass is 32.2. The molecule has 0 radical (unpaired) electrons. The Hall–Kier alpha value is 1.64. The summed E-state index contributed by atoms with van der Waals surface area (Å²) in [5.74, 6) is 10.6. The molecule has 0 spiro atoms. The Morgan fingerprint density at radius 1 is 0.561 bits per heavy atom. The molecule has 0 aromatic heterocycles. The zero-order valence-corrected chi connectivity index (χ0v) is 30.7. The van der Waals surface area contributed by atoms with Gasteiger partial charge in [-0.15, -0.1) is 47.0 Å². The summed E-state index contributed by atoms with van der Waals surface area (Å²) < 4.78 is 22.4. The van der Waals surface area contributed by atoms with E-state index in [1.54, 1.807) is 47.0 Å². The van der Waals surface area contributed by atoms with Crippen LogP contribution in [0.15, 0.2) is 0 Å². The van der Waals surface area contributed by atoms with Gasteiger partial charge in [0.2, 0.25) is 0 Å². The number of aliphatic hydroxyl groups is 2. The summed E-state index contributed by atoms with van der Waals surface area (Å²) in [5.41, 5.74) is 0. The molecule has 2 N–H and O–H groups in total. The van der Waals surface area contributed by atoms with E-state index in [-0.39, 0.29) is 28.9 Å². The highest BCUT2D eigenvalue weighted by Gasteiger charge is 2.09. The van der Waals surface area contributed by atoms with E-state index in [0.29, 0.717) is 59.9 Å². The molecule has 8 nitrogen and oxygen atoms in total. The lowest BCUT2D eigenvalue weighted by Crippen LogP contribution is -2.14. The highest BCUT2D eigenvalue weighted by Crippen LogP contribution is 2.15. The third-order valence-corrected chi connectivity index (χ3v) is 13.8. The number of aliphatic hydroxyl groups excluding tert-OH is 2. The minimum Gasteiger partial charge on any atom is -0.616 e. The molecule has 0 aliphatic heterocycles. The first-order chi connectivity index (χ1) is 20.0. The Morgan fingerprint density at radius 3 is 1.63 bits per heavy atom. The lowest BCUT2D eigenvalue weighted by molar-refractivity contribution is -0.141. The molecule has 17 heteroatoms. The Morgan fingerprint density at radius 2 is 1.05 bits per heavy atom. The zero-order chi connectivity index (χ0) is 30.2. The Kier molecular flexibility index (Phi) is 35.9. The molecule has 0 aliphatic carbocycles. The molecule has 0 saturated heterocycles. The van der Waals surface area contributed by atoms with Crippen molar-refractivity contribution in [2.24, 2.45) is 0 Å².